The monoisotopic (exact) mass is 381 g/mol. The second kappa shape index (κ2) is 6.46. The van der Waals surface area contributed by atoms with Gasteiger partial charge in [-0.15, -0.1) is 0 Å². The summed E-state index contributed by atoms with van der Waals surface area (Å²) in [5.41, 5.74) is -1.54. The van der Waals surface area contributed by atoms with Crippen molar-refractivity contribution in [3.63, 3.8) is 0 Å². The summed E-state index contributed by atoms with van der Waals surface area (Å²) in [6.45, 7) is 0. The Morgan fingerprint density at radius 3 is 2.79 bits per heavy atom. The lowest BCUT2D eigenvalue weighted by atomic mass is 9.89. The molecule has 1 aromatic heterocycles. The van der Waals surface area contributed by atoms with Gasteiger partial charge in [-0.05, 0) is 16.8 Å². The Morgan fingerprint density at radius 1 is 1.29 bits per heavy atom. The van der Waals surface area contributed by atoms with Crippen LogP contribution in [0.25, 0.3) is 5.69 Å². The normalized spacial score (nSPS) is 17.9. The van der Waals surface area contributed by atoms with Gasteiger partial charge in [0.05, 0.1) is 18.8 Å². The average Bonchev–Trinajstić information content (AvgIpc) is 3.20. The molecule has 1 aliphatic heterocycles. The van der Waals surface area contributed by atoms with Crippen LogP contribution in [0.2, 0.25) is 0 Å². The Kier molecular flexibility index (Phi) is 4.08. The molecule has 2 aromatic carbocycles. The maximum atomic E-state index is 12.9. The van der Waals surface area contributed by atoms with E-state index in [1.54, 1.807) is 48.5 Å². The highest BCUT2D eigenvalue weighted by molar-refractivity contribution is 6.09. The maximum absolute atomic E-state index is 12.9. The van der Waals surface area contributed by atoms with Crippen LogP contribution in [0.4, 0.5) is 5.69 Å². The summed E-state index contributed by atoms with van der Waals surface area (Å²) in [6.07, 6.45) is -0.651. The molecule has 0 bridgehead atoms. The molecule has 9 heteroatoms. The number of aliphatic hydroxyl groups is 1. The van der Waals surface area contributed by atoms with E-state index in [9.17, 15) is 19.8 Å². The number of anilines is 1. The lowest BCUT2D eigenvalue weighted by Crippen LogP contribution is -2.43. The number of ether oxygens (including phenoxy) is 1. The van der Waals surface area contributed by atoms with E-state index in [-0.39, 0.29) is 5.56 Å². The van der Waals surface area contributed by atoms with Gasteiger partial charge in [-0.2, -0.15) is 0 Å². The number of nitrogens with zero attached hydrogens (tertiary/aromatic N) is 2. The molecule has 1 unspecified atom stereocenters. The van der Waals surface area contributed by atoms with E-state index in [1.165, 1.54) is 7.11 Å². The number of carbonyl (C=O) groups is 2. The van der Waals surface area contributed by atoms with Crippen molar-refractivity contribution in [2.75, 3.05) is 12.4 Å². The standard InChI is InChI=1S/C19H15N3O6/c1-27-15-9-5-4-8-13(15)22-16(17(24)28-21-22)14(23)10-19(26)11-6-2-3-7-12(11)20-18(19)25/h2-9,26H,10H2,1H3,(H-,20,21,23,24,25). The van der Waals surface area contributed by atoms with E-state index in [2.05, 4.69) is 15.1 Å². The number of fused-ring (bicyclic) bond motifs is 1. The SMILES string of the molecule is COc1ccccc1-[n+]1noc([O-])c1C(=O)CC1(O)C(=O)Nc2ccccc21. The van der Waals surface area contributed by atoms with E-state index >= 15 is 0 Å². The fourth-order valence-electron chi connectivity index (χ4n) is 3.24. The summed E-state index contributed by atoms with van der Waals surface area (Å²) in [7, 11) is 1.43. The topological polar surface area (TPSA) is 129 Å². The highest BCUT2D eigenvalue weighted by Gasteiger charge is 2.48. The molecule has 142 valence electrons. The molecule has 0 radical (unpaired) electrons. The van der Waals surface area contributed by atoms with Crippen LogP contribution in [0.3, 0.4) is 0 Å². The van der Waals surface area contributed by atoms with Crippen LogP contribution in [0.15, 0.2) is 53.1 Å². The number of benzene rings is 2. The predicted molar refractivity (Wildman–Crippen MR) is 91.9 cm³/mol. The number of hydrogen-bond acceptors (Lipinski definition) is 7. The van der Waals surface area contributed by atoms with Crippen LogP contribution in [-0.4, -0.2) is 29.2 Å². The molecule has 1 atom stereocenters. The van der Waals surface area contributed by atoms with Crippen LogP contribution in [0.5, 0.6) is 11.7 Å². The molecule has 0 aliphatic carbocycles. The van der Waals surface area contributed by atoms with Gasteiger partial charge in [-0.25, -0.2) is 0 Å². The Hall–Kier alpha value is -3.72. The molecule has 28 heavy (non-hydrogen) atoms. The van der Waals surface area contributed by atoms with Gasteiger partial charge in [-0.1, -0.05) is 30.3 Å². The van der Waals surface area contributed by atoms with Crippen molar-refractivity contribution in [2.24, 2.45) is 0 Å². The summed E-state index contributed by atoms with van der Waals surface area (Å²) in [4.78, 5) is 25.3. The van der Waals surface area contributed by atoms with Crippen LogP contribution < -0.4 is 19.8 Å². The predicted octanol–water partition coefficient (Wildman–Crippen LogP) is 0.446. The Bertz CT molecular complexity index is 1090. The molecule has 3 aromatic rings. The molecule has 4 rings (SSSR count). The van der Waals surface area contributed by atoms with Crippen molar-refractivity contribution in [3.8, 4) is 17.4 Å². The van der Waals surface area contributed by atoms with Crippen molar-refractivity contribution in [2.45, 2.75) is 12.0 Å². The summed E-state index contributed by atoms with van der Waals surface area (Å²) in [5, 5.41) is 29.2. The van der Waals surface area contributed by atoms with E-state index in [1.807, 2.05) is 0 Å². The molecule has 9 nitrogen and oxygen atoms in total. The van der Waals surface area contributed by atoms with Gasteiger partial charge < -0.3 is 24.8 Å². The van der Waals surface area contributed by atoms with Gasteiger partial charge in [0.2, 0.25) is 5.78 Å². The fourth-order valence-corrected chi connectivity index (χ4v) is 3.24. The summed E-state index contributed by atoms with van der Waals surface area (Å²) >= 11 is 0. The second-order valence-electron chi connectivity index (χ2n) is 6.25. The number of Topliss-reactive ketones (excluding diaryl/α,β-unsaturated/α-hetero) is 1. The first-order chi connectivity index (χ1) is 13.5. The van der Waals surface area contributed by atoms with Gasteiger partial charge in [0.1, 0.15) is 0 Å². The van der Waals surface area contributed by atoms with Gasteiger partial charge in [-0.3, -0.25) is 9.59 Å². The van der Waals surface area contributed by atoms with E-state index in [4.69, 9.17) is 4.74 Å². The molecular weight excluding hydrogens is 366 g/mol. The largest absolute Gasteiger partial charge is 0.539 e. The summed E-state index contributed by atoms with van der Waals surface area (Å²) in [5.74, 6) is -2.16. The second-order valence-corrected chi connectivity index (χ2v) is 6.25. The minimum absolute atomic E-state index is 0.265. The molecule has 0 fully saturated rings. The Morgan fingerprint density at radius 2 is 2.00 bits per heavy atom. The van der Waals surface area contributed by atoms with E-state index in [0.29, 0.717) is 17.1 Å². The van der Waals surface area contributed by atoms with Crippen molar-refractivity contribution >= 4 is 17.4 Å². The van der Waals surface area contributed by atoms with E-state index < -0.39 is 35.4 Å². The lowest BCUT2D eigenvalue weighted by molar-refractivity contribution is -0.672. The fraction of sp³-hybridized carbons (Fsp3) is 0.158. The highest BCUT2D eigenvalue weighted by atomic mass is 16.6. The molecule has 2 N–H and O–H groups in total. The van der Waals surface area contributed by atoms with Crippen LogP contribution in [0.1, 0.15) is 22.5 Å². The molecular formula is C19H15N3O6. The maximum Gasteiger partial charge on any atom is 0.306 e. The first-order valence-electron chi connectivity index (χ1n) is 8.34. The minimum Gasteiger partial charge on any atom is -0.539 e. The zero-order valence-electron chi connectivity index (χ0n) is 14.7. The lowest BCUT2D eigenvalue weighted by Gasteiger charge is -2.19. The number of aromatic nitrogens is 2. The number of carbonyl (C=O) groups excluding carboxylic acids is 2. The number of para-hydroxylation sites is 3. The molecule has 0 saturated carbocycles. The molecule has 0 spiro atoms. The number of hydrogen-bond donors (Lipinski definition) is 2. The van der Waals surface area contributed by atoms with Crippen LogP contribution in [-0.2, 0) is 10.4 Å². The van der Waals surface area contributed by atoms with E-state index in [0.717, 1.165) is 4.68 Å². The van der Waals surface area contributed by atoms with Gasteiger partial charge >= 0.3 is 5.69 Å². The number of amides is 1. The quantitative estimate of drug-likeness (QED) is 0.485. The first kappa shape index (κ1) is 17.7. The summed E-state index contributed by atoms with van der Waals surface area (Å²) in [6, 6.07) is 13.1. The molecule has 2 heterocycles. The third-order valence-corrected chi connectivity index (χ3v) is 4.60. The number of methoxy groups -OCH3 is 1. The van der Waals surface area contributed by atoms with Crippen molar-refractivity contribution < 1.29 is 33.7 Å². The third kappa shape index (κ3) is 2.60. The van der Waals surface area contributed by atoms with Crippen LogP contribution >= 0.6 is 0 Å². The van der Waals surface area contributed by atoms with Gasteiger partial charge in [0, 0.05) is 17.3 Å². The number of rotatable bonds is 5. The number of nitrogens with one attached hydrogen (secondary N) is 1. The number of ketones is 1. The van der Waals surface area contributed by atoms with Crippen LogP contribution in [0, 0.1) is 0 Å². The Balaban J connectivity index is 1.75. The van der Waals surface area contributed by atoms with Gasteiger partial charge in [0.25, 0.3) is 11.6 Å². The Labute approximate surface area is 158 Å². The summed E-state index contributed by atoms with van der Waals surface area (Å²) < 4.78 is 10.9. The molecule has 1 amide bonds. The minimum atomic E-state index is -2.10. The van der Waals surface area contributed by atoms with Crippen molar-refractivity contribution in [1.29, 1.82) is 0 Å². The van der Waals surface area contributed by atoms with Gasteiger partial charge in [0.15, 0.2) is 17.3 Å². The highest BCUT2D eigenvalue weighted by Crippen LogP contribution is 2.39. The van der Waals surface area contributed by atoms with Crippen molar-refractivity contribution in [1.82, 2.24) is 5.27 Å². The molecule has 0 saturated heterocycles. The smallest absolute Gasteiger partial charge is 0.306 e. The average molecular weight is 381 g/mol. The zero-order chi connectivity index (χ0) is 19.9. The zero-order valence-corrected chi connectivity index (χ0v) is 14.7. The first-order valence-corrected chi connectivity index (χ1v) is 8.34. The third-order valence-electron chi connectivity index (χ3n) is 4.60. The van der Waals surface area contributed by atoms with Crippen molar-refractivity contribution in [3.05, 3.63) is 59.8 Å². The molecule has 1 aliphatic rings.